The van der Waals surface area contributed by atoms with Gasteiger partial charge in [-0.05, 0) is 66.6 Å². The van der Waals surface area contributed by atoms with E-state index in [1.165, 1.54) is 33.4 Å². The first kappa shape index (κ1) is 23.9. The molecule has 0 saturated heterocycles. The first-order valence-corrected chi connectivity index (χ1v) is 12.0. The van der Waals surface area contributed by atoms with Crippen molar-refractivity contribution in [2.45, 2.75) is 39.3 Å². The molecule has 2 heterocycles. The number of methoxy groups -OCH3 is 2. The van der Waals surface area contributed by atoms with Crippen LogP contribution in [-0.4, -0.2) is 32.3 Å². The van der Waals surface area contributed by atoms with Crippen molar-refractivity contribution in [1.29, 1.82) is 0 Å². The average Bonchev–Trinajstić information content (AvgIpc) is 2.88. The molecule has 4 nitrogen and oxygen atoms in total. The molecule has 3 aromatic rings. The highest BCUT2D eigenvalue weighted by Gasteiger charge is 2.34. The van der Waals surface area contributed by atoms with E-state index in [0.717, 1.165) is 43.2 Å². The molecule has 4 heteroatoms. The van der Waals surface area contributed by atoms with E-state index in [-0.39, 0.29) is 0 Å². The summed E-state index contributed by atoms with van der Waals surface area (Å²) in [5.41, 5.74) is 7.93. The molecule has 0 bridgehead atoms. The predicted molar refractivity (Wildman–Crippen MR) is 139 cm³/mol. The predicted octanol–water partition coefficient (Wildman–Crippen LogP) is 6.40. The lowest BCUT2D eigenvalue weighted by molar-refractivity contribution is 0.157. The highest BCUT2D eigenvalue weighted by Crippen LogP contribution is 2.44. The normalized spacial score (nSPS) is 16.2. The van der Waals surface area contributed by atoms with Gasteiger partial charge in [-0.2, -0.15) is 0 Å². The Morgan fingerprint density at radius 1 is 1.00 bits per heavy atom. The molecule has 2 aliphatic heterocycles. The SMILES string of the molecule is C=Cc1ccccc1.CCOc1cc2c(cc1C)CCN1Cc3c(ccc(OC)c3OC)CC21. The van der Waals surface area contributed by atoms with Crippen LogP contribution >= 0.6 is 0 Å². The van der Waals surface area contributed by atoms with Gasteiger partial charge in [-0.25, -0.2) is 0 Å². The van der Waals surface area contributed by atoms with Gasteiger partial charge in [-0.15, -0.1) is 0 Å². The maximum absolute atomic E-state index is 5.86. The summed E-state index contributed by atoms with van der Waals surface area (Å²) < 4.78 is 17.0. The summed E-state index contributed by atoms with van der Waals surface area (Å²) in [6.07, 6.45) is 3.91. The smallest absolute Gasteiger partial charge is 0.165 e. The molecule has 0 N–H and O–H groups in total. The molecule has 0 saturated carbocycles. The van der Waals surface area contributed by atoms with Crippen molar-refractivity contribution >= 4 is 6.08 Å². The first-order valence-electron chi connectivity index (χ1n) is 12.0. The van der Waals surface area contributed by atoms with Crippen molar-refractivity contribution in [3.8, 4) is 17.2 Å². The molecule has 0 aliphatic carbocycles. The van der Waals surface area contributed by atoms with Gasteiger partial charge < -0.3 is 14.2 Å². The van der Waals surface area contributed by atoms with Crippen LogP contribution in [0.25, 0.3) is 6.08 Å². The van der Waals surface area contributed by atoms with E-state index in [0.29, 0.717) is 12.6 Å². The topological polar surface area (TPSA) is 30.9 Å². The number of rotatable bonds is 5. The van der Waals surface area contributed by atoms with E-state index in [1.807, 2.05) is 49.4 Å². The molecule has 0 aromatic heterocycles. The van der Waals surface area contributed by atoms with Gasteiger partial charge in [0.15, 0.2) is 11.5 Å². The Labute approximate surface area is 203 Å². The van der Waals surface area contributed by atoms with E-state index in [2.05, 4.69) is 36.6 Å². The lowest BCUT2D eigenvalue weighted by Gasteiger charge is -2.42. The van der Waals surface area contributed by atoms with Gasteiger partial charge in [0.25, 0.3) is 0 Å². The van der Waals surface area contributed by atoms with Crippen LogP contribution in [0.3, 0.4) is 0 Å². The summed E-state index contributed by atoms with van der Waals surface area (Å²) in [6, 6.07) is 19.3. The Balaban J connectivity index is 0.000000291. The summed E-state index contributed by atoms with van der Waals surface area (Å²) in [7, 11) is 3.43. The number of nitrogens with zero attached hydrogens (tertiary/aromatic N) is 1. The maximum Gasteiger partial charge on any atom is 0.165 e. The quantitative estimate of drug-likeness (QED) is 0.444. The van der Waals surface area contributed by atoms with Gasteiger partial charge in [-0.3, -0.25) is 4.90 Å². The van der Waals surface area contributed by atoms with E-state index in [9.17, 15) is 0 Å². The first-order chi connectivity index (χ1) is 16.6. The second-order valence-electron chi connectivity index (χ2n) is 8.74. The van der Waals surface area contributed by atoms with Crippen molar-refractivity contribution in [3.05, 3.63) is 94.6 Å². The van der Waals surface area contributed by atoms with E-state index in [4.69, 9.17) is 14.2 Å². The minimum Gasteiger partial charge on any atom is -0.494 e. The van der Waals surface area contributed by atoms with Crippen molar-refractivity contribution in [2.24, 2.45) is 0 Å². The molecule has 0 fully saturated rings. The molecule has 5 rings (SSSR count). The summed E-state index contributed by atoms with van der Waals surface area (Å²) in [5.74, 6) is 2.72. The summed E-state index contributed by atoms with van der Waals surface area (Å²) in [5, 5.41) is 0. The molecular formula is C30H35NO3. The zero-order valence-corrected chi connectivity index (χ0v) is 20.8. The maximum atomic E-state index is 5.86. The zero-order valence-electron chi connectivity index (χ0n) is 20.8. The van der Waals surface area contributed by atoms with Crippen LogP contribution in [0.15, 0.2) is 61.2 Å². The van der Waals surface area contributed by atoms with Crippen LogP contribution in [0, 0.1) is 6.92 Å². The Hall–Kier alpha value is -3.24. The number of hydrogen-bond donors (Lipinski definition) is 0. The fraction of sp³-hybridized carbons (Fsp3) is 0.333. The second-order valence-corrected chi connectivity index (χ2v) is 8.74. The van der Waals surface area contributed by atoms with Crippen molar-refractivity contribution in [1.82, 2.24) is 4.90 Å². The minimum atomic E-state index is 0.407. The number of ether oxygens (including phenoxy) is 3. The van der Waals surface area contributed by atoms with Crippen molar-refractivity contribution in [2.75, 3.05) is 27.4 Å². The highest BCUT2D eigenvalue weighted by atomic mass is 16.5. The van der Waals surface area contributed by atoms with Crippen LogP contribution in [0.1, 0.15) is 46.3 Å². The van der Waals surface area contributed by atoms with Crippen molar-refractivity contribution in [3.63, 3.8) is 0 Å². The number of benzene rings is 3. The van der Waals surface area contributed by atoms with Gasteiger partial charge in [-0.1, -0.05) is 55.1 Å². The van der Waals surface area contributed by atoms with Gasteiger partial charge >= 0.3 is 0 Å². The molecule has 0 spiro atoms. The van der Waals surface area contributed by atoms with Crippen LogP contribution < -0.4 is 14.2 Å². The Kier molecular flexibility index (Phi) is 7.59. The fourth-order valence-electron chi connectivity index (χ4n) is 5.04. The standard InChI is InChI=1S/C22H27NO3.C8H8/c1-5-26-21-12-17-16(10-14(21)2)8-9-23-13-18-15(11-19(17)23)6-7-20(24-3)22(18)25-4;1-2-8-6-4-3-5-7-8/h6-7,10,12,19H,5,8-9,11,13H2,1-4H3;2-7H,1H2. The number of aryl methyl sites for hydroxylation is 1. The lowest BCUT2D eigenvalue weighted by Crippen LogP contribution is -2.39. The van der Waals surface area contributed by atoms with Gasteiger partial charge in [0.1, 0.15) is 5.75 Å². The largest absolute Gasteiger partial charge is 0.494 e. The van der Waals surface area contributed by atoms with Crippen LogP contribution in [0.5, 0.6) is 17.2 Å². The third kappa shape index (κ3) is 4.83. The Morgan fingerprint density at radius 2 is 1.79 bits per heavy atom. The molecule has 178 valence electrons. The summed E-state index contributed by atoms with van der Waals surface area (Å²) in [4.78, 5) is 2.57. The number of fused-ring (bicyclic) bond motifs is 4. The zero-order chi connectivity index (χ0) is 24.1. The molecular weight excluding hydrogens is 422 g/mol. The molecule has 3 aromatic carbocycles. The monoisotopic (exact) mass is 457 g/mol. The molecule has 1 unspecified atom stereocenters. The van der Waals surface area contributed by atoms with E-state index in [1.54, 1.807) is 14.2 Å². The molecule has 2 aliphatic rings. The van der Waals surface area contributed by atoms with Crippen LogP contribution in [-0.2, 0) is 19.4 Å². The Morgan fingerprint density at radius 3 is 2.44 bits per heavy atom. The van der Waals surface area contributed by atoms with E-state index >= 15 is 0 Å². The van der Waals surface area contributed by atoms with Crippen LogP contribution in [0.4, 0.5) is 0 Å². The fourth-order valence-corrected chi connectivity index (χ4v) is 5.04. The van der Waals surface area contributed by atoms with Crippen LogP contribution in [0.2, 0.25) is 0 Å². The Bertz CT molecular complexity index is 1140. The van der Waals surface area contributed by atoms with Gasteiger partial charge in [0.2, 0.25) is 0 Å². The third-order valence-corrected chi connectivity index (χ3v) is 6.76. The molecule has 0 amide bonds. The van der Waals surface area contributed by atoms with Gasteiger partial charge in [0.05, 0.1) is 20.8 Å². The summed E-state index contributed by atoms with van der Waals surface area (Å²) in [6.45, 7) is 10.5. The molecule has 34 heavy (non-hydrogen) atoms. The number of hydrogen-bond acceptors (Lipinski definition) is 4. The molecule has 1 atom stereocenters. The molecule has 0 radical (unpaired) electrons. The van der Waals surface area contributed by atoms with E-state index < -0.39 is 0 Å². The summed E-state index contributed by atoms with van der Waals surface area (Å²) >= 11 is 0. The lowest BCUT2D eigenvalue weighted by atomic mass is 9.83. The highest BCUT2D eigenvalue weighted by molar-refractivity contribution is 5.54. The van der Waals surface area contributed by atoms with Gasteiger partial charge in [0, 0.05) is 24.7 Å². The van der Waals surface area contributed by atoms with Crippen molar-refractivity contribution < 1.29 is 14.2 Å². The average molecular weight is 458 g/mol. The third-order valence-electron chi connectivity index (χ3n) is 6.76. The second kappa shape index (κ2) is 10.8. The minimum absolute atomic E-state index is 0.407.